The molecule has 1 N–H and O–H groups in total. The van der Waals surface area contributed by atoms with E-state index in [4.69, 9.17) is 0 Å². The van der Waals surface area contributed by atoms with Crippen molar-refractivity contribution in [1.29, 1.82) is 0 Å². The number of hydrogen-bond donors (Lipinski definition) is 1. The maximum Gasteiger partial charge on any atom is 0.387 e. The second-order valence-electron chi connectivity index (χ2n) is 5.74. The van der Waals surface area contributed by atoms with Gasteiger partial charge in [0.1, 0.15) is 5.75 Å². The number of ether oxygens (including phenoxy) is 1. The van der Waals surface area contributed by atoms with E-state index in [1.807, 2.05) is 6.92 Å². The van der Waals surface area contributed by atoms with Crippen LogP contribution in [0, 0.1) is 5.82 Å². The molecule has 1 aromatic carbocycles. The number of alkyl halides is 2. The molecule has 0 aliphatic carbocycles. The van der Waals surface area contributed by atoms with E-state index in [0.717, 1.165) is 6.20 Å². The minimum absolute atomic E-state index is 0.0302. The minimum Gasteiger partial charge on any atom is -0.435 e. The van der Waals surface area contributed by atoms with Gasteiger partial charge in [-0.25, -0.2) is 9.37 Å². The van der Waals surface area contributed by atoms with Crippen LogP contribution in [0.4, 0.5) is 30.8 Å². The molecule has 10 heteroatoms. The summed E-state index contributed by atoms with van der Waals surface area (Å²) >= 11 is 0. The molecule has 0 saturated heterocycles. The smallest absolute Gasteiger partial charge is 0.387 e. The third-order valence-corrected chi connectivity index (χ3v) is 3.86. The lowest BCUT2D eigenvalue weighted by molar-refractivity contribution is -0.0498. The van der Waals surface area contributed by atoms with E-state index in [-0.39, 0.29) is 17.4 Å². The van der Waals surface area contributed by atoms with Gasteiger partial charge in [0.15, 0.2) is 17.5 Å². The fraction of sp³-hybridized carbons (Fsp3) is 0.222. The monoisotopic (exact) mass is 390 g/mol. The molecule has 28 heavy (non-hydrogen) atoms. The zero-order chi connectivity index (χ0) is 20.1. The van der Waals surface area contributed by atoms with Crippen LogP contribution in [0.15, 0.2) is 42.7 Å². The lowest BCUT2D eigenvalue weighted by Gasteiger charge is -2.15. The Bertz CT molecular complexity index is 939. The molecule has 2 heterocycles. The summed E-state index contributed by atoms with van der Waals surface area (Å²) in [5, 5.41) is 10.6. The number of nitrogens with one attached hydrogen (secondary N) is 1. The molecule has 0 atom stereocenters. The topological polar surface area (TPSA) is 76.1 Å². The molecule has 0 aliphatic rings. The predicted octanol–water partition coefficient (Wildman–Crippen LogP) is 3.87. The van der Waals surface area contributed by atoms with Gasteiger partial charge in [-0.05, 0) is 30.7 Å². The fourth-order valence-corrected chi connectivity index (χ4v) is 2.31. The summed E-state index contributed by atoms with van der Waals surface area (Å²) in [6.07, 6.45) is 2.58. The molecule has 0 unspecified atom stereocenters. The lowest BCUT2D eigenvalue weighted by atomic mass is 10.1. The quantitative estimate of drug-likeness (QED) is 0.656. The molecule has 0 bridgehead atoms. The van der Waals surface area contributed by atoms with Gasteiger partial charge in [-0.2, -0.15) is 18.9 Å². The van der Waals surface area contributed by atoms with Crippen LogP contribution >= 0.6 is 0 Å². The summed E-state index contributed by atoms with van der Waals surface area (Å²) in [5.74, 6) is 0.0272. The van der Waals surface area contributed by atoms with E-state index in [1.54, 1.807) is 30.1 Å². The first-order chi connectivity index (χ1) is 13.5. The van der Waals surface area contributed by atoms with Crippen molar-refractivity contribution in [1.82, 2.24) is 20.2 Å². The van der Waals surface area contributed by atoms with Crippen LogP contribution < -0.4 is 15.0 Å². The zero-order valence-corrected chi connectivity index (χ0v) is 15.1. The van der Waals surface area contributed by atoms with Gasteiger partial charge in [-0.15, -0.1) is 5.10 Å². The van der Waals surface area contributed by atoms with Gasteiger partial charge in [0.25, 0.3) is 0 Å². The Morgan fingerprint density at radius 1 is 1.14 bits per heavy atom. The minimum atomic E-state index is -2.89. The SMILES string of the molecule is CCN(C)c1ncc(F)c(Nc2cc(-c3ccc(OC(F)F)cc3)cnn2)n1. The molecule has 0 spiro atoms. The number of aromatic nitrogens is 4. The molecule has 0 amide bonds. The first-order valence-corrected chi connectivity index (χ1v) is 8.35. The normalized spacial score (nSPS) is 10.8. The first-order valence-electron chi connectivity index (χ1n) is 8.35. The predicted molar refractivity (Wildman–Crippen MR) is 98.3 cm³/mol. The zero-order valence-electron chi connectivity index (χ0n) is 15.1. The van der Waals surface area contributed by atoms with Crippen molar-refractivity contribution in [3.05, 3.63) is 48.5 Å². The molecule has 0 saturated carbocycles. The van der Waals surface area contributed by atoms with Crippen LogP contribution in [0.25, 0.3) is 11.1 Å². The summed E-state index contributed by atoms with van der Waals surface area (Å²) < 4.78 is 42.9. The largest absolute Gasteiger partial charge is 0.435 e. The van der Waals surface area contributed by atoms with Crippen molar-refractivity contribution in [2.45, 2.75) is 13.5 Å². The fourth-order valence-electron chi connectivity index (χ4n) is 2.31. The standard InChI is InChI=1S/C18H17F3N6O/c1-3-27(2)18-22-10-14(19)16(25-18)24-15-8-12(9-23-26-15)11-4-6-13(7-5-11)28-17(20)21/h4-10,17H,3H2,1-2H3,(H,22,24,25,26). The Hall–Kier alpha value is -3.43. The van der Waals surface area contributed by atoms with Gasteiger partial charge >= 0.3 is 6.61 Å². The van der Waals surface area contributed by atoms with Crippen LogP contribution in [0.3, 0.4) is 0 Å². The number of rotatable bonds is 7. The molecule has 3 rings (SSSR count). The van der Waals surface area contributed by atoms with E-state index >= 15 is 0 Å². The number of benzene rings is 1. The van der Waals surface area contributed by atoms with Crippen LogP contribution in [0.2, 0.25) is 0 Å². The number of halogens is 3. The first kappa shape index (κ1) is 19.3. The highest BCUT2D eigenvalue weighted by molar-refractivity contribution is 5.67. The average molecular weight is 390 g/mol. The van der Waals surface area contributed by atoms with Crippen LogP contribution in [-0.2, 0) is 0 Å². The Balaban J connectivity index is 1.82. The van der Waals surface area contributed by atoms with Gasteiger partial charge < -0.3 is 15.0 Å². The highest BCUT2D eigenvalue weighted by Gasteiger charge is 2.11. The van der Waals surface area contributed by atoms with Gasteiger partial charge in [-0.3, -0.25) is 0 Å². The Morgan fingerprint density at radius 3 is 2.57 bits per heavy atom. The molecule has 3 aromatic rings. The van der Waals surface area contributed by atoms with Gasteiger partial charge in [0, 0.05) is 19.2 Å². The third kappa shape index (κ3) is 4.64. The second-order valence-corrected chi connectivity index (χ2v) is 5.74. The Kier molecular flexibility index (Phi) is 5.87. The van der Waals surface area contributed by atoms with Gasteiger partial charge in [-0.1, -0.05) is 12.1 Å². The van der Waals surface area contributed by atoms with Crippen LogP contribution in [0.1, 0.15) is 6.92 Å². The van der Waals surface area contributed by atoms with Crippen LogP contribution in [0.5, 0.6) is 5.75 Å². The number of anilines is 3. The average Bonchev–Trinajstić information content (AvgIpc) is 2.69. The van der Waals surface area contributed by atoms with Crippen LogP contribution in [-0.4, -0.2) is 40.4 Å². The molecule has 146 valence electrons. The Labute approximate surface area is 159 Å². The van der Waals surface area contributed by atoms with E-state index < -0.39 is 12.4 Å². The maximum atomic E-state index is 14.1. The van der Waals surface area contributed by atoms with Crippen molar-refractivity contribution in [2.75, 3.05) is 23.8 Å². The molecular weight excluding hydrogens is 373 g/mol. The van der Waals surface area contributed by atoms with E-state index in [1.165, 1.54) is 18.3 Å². The van der Waals surface area contributed by atoms with E-state index in [0.29, 0.717) is 23.6 Å². The second kappa shape index (κ2) is 8.51. The van der Waals surface area contributed by atoms with Crippen molar-refractivity contribution in [2.24, 2.45) is 0 Å². The Morgan fingerprint density at radius 2 is 1.89 bits per heavy atom. The highest BCUT2D eigenvalue weighted by atomic mass is 19.3. The number of hydrogen-bond acceptors (Lipinski definition) is 7. The summed E-state index contributed by atoms with van der Waals surface area (Å²) in [4.78, 5) is 9.86. The van der Waals surface area contributed by atoms with Gasteiger partial charge in [0.2, 0.25) is 5.95 Å². The molecule has 0 radical (unpaired) electrons. The van der Waals surface area contributed by atoms with Crippen molar-refractivity contribution in [3.8, 4) is 16.9 Å². The summed E-state index contributed by atoms with van der Waals surface area (Å²) in [6.45, 7) is -0.304. The van der Waals surface area contributed by atoms with Crippen molar-refractivity contribution in [3.63, 3.8) is 0 Å². The summed E-state index contributed by atoms with van der Waals surface area (Å²) in [7, 11) is 1.79. The number of nitrogens with zero attached hydrogens (tertiary/aromatic N) is 5. The molecular formula is C18H17F3N6O. The molecule has 7 nitrogen and oxygen atoms in total. The molecule has 0 aliphatic heterocycles. The van der Waals surface area contributed by atoms with Gasteiger partial charge in [0.05, 0.1) is 12.4 Å². The lowest BCUT2D eigenvalue weighted by Crippen LogP contribution is -2.19. The third-order valence-electron chi connectivity index (χ3n) is 3.86. The van der Waals surface area contributed by atoms with E-state index in [9.17, 15) is 13.2 Å². The summed E-state index contributed by atoms with van der Waals surface area (Å²) in [5.41, 5.74) is 1.36. The van der Waals surface area contributed by atoms with E-state index in [2.05, 4.69) is 30.2 Å². The van der Waals surface area contributed by atoms with Crippen molar-refractivity contribution < 1.29 is 17.9 Å². The van der Waals surface area contributed by atoms with Crippen molar-refractivity contribution >= 4 is 17.6 Å². The molecule has 2 aromatic heterocycles. The maximum absolute atomic E-state index is 14.1. The summed E-state index contributed by atoms with van der Waals surface area (Å²) in [6, 6.07) is 7.70. The molecule has 0 fully saturated rings. The highest BCUT2D eigenvalue weighted by Crippen LogP contribution is 2.25.